The SMILES string of the molecule is CCOC(=O)Cc1csc(NC(=O)c2[nH]c(C)c(C(C)=O)c2C)n1. The van der Waals surface area contributed by atoms with E-state index >= 15 is 0 Å². The molecule has 1 amide bonds. The van der Waals surface area contributed by atoms with E-state index in [2.05, 4.69) is 15.3 Å². The van der Waals surface area contributed by atoms with E-state index < -0.39 is 0 Å². The number of Topliss-reactive ketones (excluding diaryl/α,β-unsaturated/α-hetero) is 1. The van der Waals surface area contributed by atoms with Crippen LogP contribution in [-0.4, -0.2) is 34.2 Å². The molecule has 0 aliphatic rings. The Morgan fingerprint density at radius 3 is 2.62 bits per heavy atom. The fourth-order valence-electron chi connectivity index (χ4n) is 2.47. The van der Waals surface area contributed by atoms with Gasteiger partial charge in [-0.25, -0.2) is 4.98 Å². The van der Waals surface area contributed by atoms with Crippen LogP contribution in [0.5, 0.6) is 0 Å². The van der Waals surface area contributed by atoms with Gasteiger partial charge in [0, 0.05) is 16.6 Å². The second-order valence-electron chi connectivity index (χ2n) is 5.26. The molecule has 24 heavy (non-hydrogen) atoms. The normalized spacial score (nSPS) is 10.5. The Bertz CT molecular complexity index is 791. The molecule has 2 rings (SSSR count). The first-order chi connectivity index (χ1) is 11.3. The molecule has 0 spiro atoms. The van der Waals surface area contributed by atoms with Crippen LogP contribution in [0.15, 0.2) is 5.38 Å². The van der Waals surface area contributed by atoms with Crippen molar-refractivity contribution in [2.75, 3.05) is 11.9 Å². The van der Waals surface area contributed by atoms with E-state index in [-0.39, 0.29) is 24.1 Å². The van der Waals surface area contributed by atoms with Crippen LogP contribution in [0.3, 0.4) is 0 Å². The largest absolute Gasteiger partial charge is 0.466 e. The summed E-state index contributed by atoms with van der Waals surface area (Å²) >= 11 is 1.22. The van der Waals surface area contributed by atoms with Crippen molar-refractivity contribution in [3.63, 3.8) is 0 Å². The van der Waals surface area contributed by atoms with Gasteiger partial charge in [0.25, 0.3) is 5.91 Å². The molecular weight excluding hydrogens is 330 g/mol. The molecule has 0 atom stereocenters. The van der Waals surface area contributed by atoms with E-state index in [9.17, 15) is 14.4 Å². The quantitative estimate of drug-likeness (QED) is 0.617. The number of aromatic amines is 1. The molecule has 0 saturated heterocycles. The molecule has 0 aromatic carbocycles. The minimum absolute atomic E-state index is 0.0648. The number of ketones is 1. The lowest BCUT2D eigenvalue weighted by Gasteiger charge is -2.01. The topological polar surface area (TPSA) is 101 Å². The van der Waals surface area contributed by atoms with Gasteiger partial charge >= 0.3 is 5.97 Å². The molecule has 0 bridgehead atoms. The van der Waals surface area contributed by atoms with Crippen molar-refractivity contribution in [2.45, 2.75) is 34.1 Å². The van der Waals surface area contributed by atoms with E-state index in [0.717, 1.165) is 0 Å². The highest BCUT2D eigenvalue weighted by Crippen LogP contribution is 2.21. The summed E-state index contributed by atoms with van der Waals surface area (Å²) in [7, 11) is 0. The molecule has 2 aromatic heterocycles. The van der Waals surface area contributed by atoms with E-state index in [1.165, 1.54) is 18.3 Å². The third-order valence-electron chi connectivity index (χ3n) is 3.42. The molecule has 0 saturated carbocycles. The molecule has 2 N–H and O–H groups in total. The van der Waals surface area contributed by atoms with Crippen LogP contribution in [0.25, 0.3) is 0 Å². The van der Waals surface area contributed by atoms with Crippen molar-refractivity contribution in [3.8, 4) is 0 Å². The lowest BCUT2D eigenvalue weighted by molar-refractivity contribution is -0.142. The van der Waals surface area contributed by atoms with Gasteiger partial charge in [-0.2, -0.15) is 0 Å². The number of hydrogen-bond acceptors (Lipinski definition) is 6. The molecule has 0 unspecified atom stereocenters. The van der Waals surface area contributed by atoms with Crippen molar-refractivity contribution in [1.82, 2.24) is 9.97 Å². The Hall–Kier alpha value is -2.48. The Morgan fingerprint density at radius 2 is 2.04 bits per heavy atom. The van der Waals surface area contributed by atoms with Gasteiger partial charge in [-0.05, 0) is 33.3 Å². The van der Waals surface area contributed by atoms with Crippen LogP contribution in [0, 0.1) is 13.8 Å². The summed E-state index contributed by atoms with van der Waals surface area (Å²) < 4.78 is 4.86. The minimum atomic E-state index is -0.375. The fourth-order valence-corrected chi connectivity index (χ4v) is 3.18. The summed E-state index contributed by atoms with van der Waals surface area (Å²) in [5.41, 5.74) is 2.67. The van der Waals surface area contributed by atoms with Gasteiger partial charge in [0.2, 0.25) is 0 Å². The summed E-state index contributed by atoms with van der Waals surface area (Å²) in [4.78, 5) is 42.6. The van der Waals surface area contributed by atoms with E-state index in [0.29, 0.717) is 39.9 Å². The number of anilines is 1. The maximum atomic E-state index is 12.4. The standard InChI is InChI=1S/C16H19N3O4S/c1-5-23-12(21)6-11-7-24-16(18-11)19-15(22)14-8(2)13(10(4)20)9(3)17-14/h7,17H,5-6H2,1-4H3,(H,18,19,22). The summed E-state index contributed by atoms with van der Waals surface area (Å²) in [5, 5.41) is 4.76. The fraction of sp³-hybridized carbons (Fsp3) is 0.375. The van der Waals surface area contributed by atoms with Gasteiger partial charge in [0.15, 0.2) is 10.9 Å². The van der Waals surface area contributed by atoms with Crippen molar-refractivity contribution >= 4 is 34.1 Å². The maximum Gasteiger partial charge on any atom is 0.311 e. The number of aryl methyl sites for hydroxylation is 1. The number of ether oxygens (including phenoxy) is 1. The lowest BCUT2D eigenvalue weighted by Crippen LogP contribution is -2.14. The molecule has 2 aromatic rings. The Kier molecular flexibility index (Phi) is 5.50. The molecule has 8 heteroatoms. The summed E-state index contributed by atoms with van der Waals surface area (Å²) in [6.07, 6.45) is 0.0648. The number of carbonyl (C=O) groups excluding carboxylic acids is 3. The minimum Gasteiger partial charge on any atom is -0.466 e. The van der Waals surface area contributed by atoms with Crippen molar-refractivity contribution in [3.05, 3.63) is 33.6 Å². The van der Waals surface area contributed by atoms with Gasteiger partial charge in [-0.1, -0.05) is 0 Å². The molecule has 128 valence electrons. The zero-order valence-corrected chi connectivity index (χ0v) is 14.8. The summed E-state index contributed by atoms with van der Waals surface area (Å²) in [6.45, 7) is 6.99. The number of hydrogen-bond donors (Lipinski definition) is 2. The molecule has 7 nitrogen and oxygen atoms in total. The van der Waals surface area contributed by atoms with Crippen LogP contribution in [0.4, 0.5) is 5.13 Å². The van der Waals surface area contributed by atoms with E-state index in [1.807, 2.05) is 0 Å². The van der Waals surface area contributed by atoms with Gasteiger partial charge in [-0.15, -0.1) is 11.3 Å². The predicted molar refractivity (Wildman–Crippen MR) is 90.7 cm³/mol. The maximum absolute atomic E-state index is 12.4. The predicted octanol–water partition coefficient (Wildman–Crippen LogP) is 2.65. The van der Waals surface area contributed by atoms with Crippen molar-refractivity contribution < 1.29 is 19.1 Å². The third-order valence-corrected chi connectivity index (χ3v) is 4.23. The highest BCUT2D eigenvalue weighted by atomic mass is 32.1. The molecule has 0 aliphatic heterocycles. The molecular formula is C16H19N3O4S. The monoisotopic (exact) mass is 349 g/mol. The van der Waals surface area contributed by atoms with Crippen LogP contribution in [-0.2, 0) is 16.0 Å². The second-order valence-corrected chi connectivity index (χ2v) is 6.12. The first-order valence-corrected chi connectivity index (χ1v) is 8.32. The molecule has 0 fully saturated rings. The summed E-state index contributed by atoms with van der Waals surface area (Å²) in [5.74, 6) is -0.825. The zero-order chi connectivity index (χ0) is 17.9. The first-order valence-electron chi connectivity index (χ1n) is 7.45. The lowest BCUT2D eigenvalue weighted by atomic mass is 10.1. The smallest absolute Gasteiger partial charge is 0.311 e. The van der Waals surface area contributed by atoms with Crippen LogP contribution in [0.2, 0.25) is 0 Å². The number of aromatic nitrogens is 2. The zero-order valence-electron chi connectivity index (χ0n) is 14.0. The van der Waals surface area contributed by atoms with Crippen LogP contribution in [0.1, 0.15) is 51.6 Å². The highest BCUT2D eigenvalue weighted by Gasteiger charge is 2.20. The number of nitrogens with zero attached hydrogens (tertiary/aromatic N) is 1. The average molecular weight is 349 g/mol. The highest BCUT2D eigenvalue weighted by molar-refractivity contribution is 7.14. The van der Waals surface area contributed by atoms with Crippen LogP contribution >= 0.6 is 11.3 Å². The van der Waals surface area contributed by atoms with E-state index in [4.69, 9.17) is 4.74 Å². The number of H-pyrrole nitrogens is 1. The van der Waals surface area contributed by atoms with Gasteiger partial charge in [0.1, 0.15) is 5.69 Å². The number of rotatable bonds is 6. The Morgan fingerprint density at radius 1 is 1.33 bits per heavy atom. The van der Waals surface area contributed by atoms with Gasteiger partial charge in [-0.3, -0.25) is 19.7 Å². The summed E-state index contributed by atoms with van der Waals surface area (Å²) in [6, 6.07) is 0. The number of amides is 1. The van der Waals surface area contributed by atoms with Crippen LogP contribution < -0.4 is 5.32 Å². The van der Waals surface area contributed by atoms with Gasteiger partial charge < -0.3 is 9.72 Å². The third kappa shape index (κ3) is 3.88. The number of esters is 1. The van der Waals surface area contributed by atoms with Gasteiger partial charge in [0.05, 0.1) is 18.7 Å². The molecule has 2 heterocycles. The average Bonchev–Trinajstić information content (AvgIpc) is 3.03. The molecule has 0 aliphatic carbocycles. The van der Waals surface area contributed by atoms with Crippen molar-refractivity contribution in [2.24, 2.45) is 0 Å². The number of carbonyl (C=O) groups is 3. The van der Waals surface area contributed by atoms with Crippen molar-refractivity contribution in [1.29, 1.82) is 0 Å². The van der Waals surface area contributed by atoms with E-state index in [1.54, 1.807) is 26.2 Å². The Labute approximate surface area is 143 Å². The second kappa shape index (κ2) is 7.39. The molecule has 0 radical (unpaired) electrons. The number of thiazole rings is 1. The Balaban J connectivity index is 2.11. The first kappa shape index (κ1) is 17.9. The number of nitrogens with one attached hydrogen (secondary N) is 2.